The van der Waals surface area contributed by atoms with E-state index in [1.54, 1.807) is 6.20 Å². The van der Waals surface area contributed by atoms with Gasteiger partial charge in [0.2, 0.25) is 0 Å². The van der Waals surface area contributed by atoms with E-state index >= 15 is 0 Å². The van der Waals surface area contributed by atoms with Crippen LogP contribution in [0.3, 0.4) is 0 Å². The molecule has 0 spiro atoms. The first-order valence-corrected chi connectivity index (χ1v) is 7.78. The van der Waals surface area contributed by atoms with E-state index in [0.29, 0.717) is 25.3 Å². The highest BCUT2D eigenvalue weighted by Gasteiger charge is 2.27. The minimum atomic E-state index is -2.81. The lowest BCUT2D eigenvalue weighted by Crippen LogP contribution is -2.21. The van der Waals surface area contributed by atoms with Crippen LogP contribution >= 0.6 is 0 Å². The van der Waals surface area contributed by atoms with Gasteiger partial charge in [-0.25, -0.2) is 13.4 Å². The molecule has 1 aliphatic heterocycles. The summed E-state index contributed by atoms with van der Waals surface area (Å²) in [5.74, 6) is 2.26. The summed E-state index contributed by atoms with van der Waals surface area (Å²) in [6.07, 6.45) is 4.64. The van der Waals surface area contributed by atoms with E-state index in [-0.39, 0.29) is 17.4 Å². The Morgan fingerprint density at radius 2 is 2.12 bits per heavy atom. The fourth-order valence-corrected chi connectivity index (χ4v) is 3.55. The first-order valence-electron chi connectivity index (χ1n) is 5.96. The van der Waals surface area contributed by atoms with E-state index in [1.807, 2.05) is 0 Å². The number of aromatic nitrogens is 1. The third-order valence-corrected chi connectivity index (χ3v) is 4.84. The highest BCUT2D eigenvalue weighted by molar-refractivity contribution is 7.91. The molecule has 5 nitrogen and oxygen atoms in total. The Bertz CT molecular complexity index is 453. The van der Waals surface area contributed by atoms with Gasteiger partial charge in [0.25, 0.3) is 0 Å². The lowest BCUT2D eigenvalue weighted by molar-refractivity contribution is 0.405. The van der Waals surface area contributed by atoms with Crippen molar-refractivity contribution in [3.63, 3.8) is 0 Å². The summed E-state index contributed by atoms with van der Waals surface area (Å²) in [5.41, 5.74) is 5.42. The van der Waals surface area contributed by atoms with E-state index in [9.17, 15) is 8.42 Å². The third kappa shape index (κ3) is 3.29. The Morgan fingerprint density at radius 1 is 1.41 bits per heavy atom. The monoisotopic (exact) mass is 258 g/mol. The molecule has 0 bridgehead atoms. The Labute approximate surface area is 101 Å². The second-order valence-electron chi connectivity index (χ2n) is 4.47. The molecular weight excluding hydrogens is 240 g/mol. The summed E-state index contributed by atoms with van der Waals surface area (Å²) >= 11 is 0. The van der Waals surface area contributed by atoms with Gasteiger partial charge in [-0.1, -0.05) is 0 Å². The molecule has 1 fully saturated rings. The number of hydrogen-bond acceptors (Lipinski definition) is 5. The first-order chi connectivity index (χ1) is 8.11. The Kier molecular flexibility index (Phi) is 3.83. The predicted molar refractivity (Wildman–Crippen MR) is 64.5 cm³/mol. The summed E-state index contributed by atoms with van der Waals surface area (Å²) in [4.78, 5) is 4.19. The van der Waals surface area contributed by atoms with E-state index < -0.39 is 9.84 Å². The molecule has 0 radical (unpaired) electrons. The van der Waals surface area contributed by atoms with Crippen molar-refractivity contribution < 1.29 is 12.8 Å². The highest BCUT2D eigenvalue weighted by Crippen LogP contribution is 2.29. The Balaban J connectivity index is 1.96. The molecule has 0 amide bonds. The minimum Gasteiger partial charge on any atom is -0.445 e. The molecule has 0 atom stereocenters. The van der Waals surface area contributed by atoms with Crippen LogP contribution in [0.15, 0.2) is 10.6 Å². The molecule has 0 aromatic carbocycles. The van der Waals surface area contributed by atoms with Crippen molar-refractivity contribution in [1.82, 2.24) is 4.98 Å². The van der Waals surface area contributed by atoms with E-state index in [1.165, 1.54) is 0 Å². The molecule has 0 unspecified atom stereocenters. The van der Waals surface area contributed by atoms with Crippen molar-refractivity contribution >= 4 is 9.84 Å². The van der Waals surface area contributed by atoms with Crippen LogP contribution in [-0.4, -0.2) is 31.5 Å². The number of rotatable bonds is 4. The zero-order valence-corrected chi connectivity index (χ0v) is 10.6. The molecule has 2 N–H and O–H groups in total. The molecule has 0 saturated carbocycles. The topological polar surface area (TPSA) is 86.2 Å². The quantitative estimate of drug-likeness (QED) is 0.865. The smallest absolute Gasteiger partial charge is 0.194 e. The van der Waals surface area contributed by atoms with E-state index in [2.05, 4.69) is 4.98 Å². The van der Waals surface area contributed by atoms with Crippen LogP contribution in [0.25, 0.3) is 0 Å². The molecule has 6 heteroatoms. The number of hydrogen-bond donors (Lipinski definition) is 1. The van der Waals surface area contributed by atoms with Crippen molar-refractivity contribution in [2.75, 3.05) is 18.1 Å². The molecular formula is C11H18N2O3S. The average molecular weight is 258 g/mol. The van der Waals surface area contributed by atoms with Gasteiger partial charge in [-0.3, -0.25) is 0 Å². The highest BCUT2D eigenvalue weighted by atomic mass is 32.2. The van der Waals surface area contributed by atoms with Gasteiger partial charge in [0.1, 0.15) is 15.6 Å². The normalized spacial score (nSPS) is 20.5. The van der Waals surface area contributed by atoms with Crippen LogP contribution in [0.1, 0.15) is 36.8 Å². The molecule has 17 heavy (non-hydrogen) atoms. The van der Waals surface area contributed by atoms with Crippen molar-refractivity contribution in [2.24, 2.45) is 5.73 Å². The second-order valence-corrected chi connectivity index (χ2v) is 6.78. The lowest BCUT2D eigenvalue weighted by Gasteiger charge is -2.19. The summed E-state index contributed by atoms with van der Waals surface area (Å²) in [6.45, 7) is 0.624. The summed E-state index contributed by atoms with van der Waals surface area (Å²) in [6, 6.07) is 0. The Morgan fingerprint density at radius 3 is 2.76 bits per heavy atom. The molecule has 1 aromatic rings. The number of aryl methyl sites for hydroxylation is 1. The van der Waals surface area contributed by atoms with Crippen LogP contribution in [-0.2, 0) is 16.3 Å². The SMILES string of the molecule is NCCCc1ncc(C2CCS(=O)(=O)CC2)o1. The lowest BCUT2D eigenvalue weighted by atomic mass is 10.0. The van der Waals surface area contributed by atoms with Crippen LogP contribution < -0.4 is 5.73 Å². The van der Waals surface area contributed by atoms with Gasteiger partial charge in [-0.15, -0.1) is 0 Å². The van der Waals surface area contributed by atoms with Crippen molar-refractivity contribution in [2.45, 2.75) is 31.6 Å². The molecule has 1 saturated heterocycles. The first kappa shape index (κ1) is 12.6. The molecule has 96 valence electrons. The molecule has 1 aliphatic rings. The molecule has 2 rings (SSSR count). The minimum absolute atomic E-state index is 0.206. The summed E-state index contributed by atoms with van der Waals surface area (Å²) in [7, 11) is -2.81. The number of nitrogens with two attached hydrogens (primary N) is 1. The zero-order chi connectivity index (χ0) is 12.3. The fourth-order valence-electron chi connectivity index (χ4n) is 2.06. The van der Waals surface area contributed by atoms with Crippen LogP contribution in [0.2, 0.25) is 0 Å². The van der Waals surface area contributed by atoms with E-state index in [0.717, 1.165) is 18.6 Å². The van der Waals surface area contributed by atoms with Crippen molar-refractivity contribution in [3.8, 4) is 0 Å². The number of sulfone groups is 1. The summed E-state index contributed by atoms with van der Waals surface area (Å²) in [5, 5.41) is 0. The van der Waals surface area contributed by atoms with Crippen LogP contribution in [0.4, 0.5) is 0 Å². The standard InChI is InChI=1S/C11H18N2O3S/c12-5-1-2-11-13-8-10(16-11)9-3-6-17(14,15)7-4-9/h8-9H,1-7,12H2. The molecule has 1 aromatic heterocycles. The van der Waals surface area contributed by atoms with Gasteiger partial charge in [0.15, 0.2) is 5.89 Å². The largest absolute Gasteiger partial charge is 0.445 e. The summed E-state index contributed by atoms with van der Waals surface area (Å²) < 4.78 is 28.3. The van der Waals surface area contributed by atoms with Gasteiger partial charge in [0.05, 0.1) is 17.7 Å². The van der Waals surface area contributed by atoms with Crippen LogP contribution in [0, 0.1) is 0 Å². The molecule has 2 heterocycles. The maximum absolute atomic E-state index is 11.3. The van der Waals surface area contributed by atoms with Crippen molar-refractivity contribution in [3.05, 3.63) is 17.8 Å². The maximum Gasteiger partial charge on any atom is 0.194 e. The Hall–Kier alpha value is -0.880. The third-order valence-electron chi connectivity index (χ3n) is 3.12. The van der Waals surface area contributed by atoms with Gasteiger partial charge < -0.3 is 10.2 Å². The van der Waals surface area contributed by atoms with Gasteiger partial charge >= 0.3 is 0 Å². The van der Waals surface area contributed by atoms with Crippen LogP contribution in [0.5, 0.6) is 0 Å². The van der Waals surface area contributed by atoms with E-state index in [4.69, 9.17) is 10.2 Å². The fraction of sp³-hybridized carbons (Fsp3) is 0.727. The van der Waals surface area contributed by atoms with Crippen molar-refractivity contribution in [1.29, 1.82) is 0 Å². The van der Waals surface area contributed by atoms with Gasteiger partial charge in [0, 0.05) is 12.3 Å². The van der Waals surface area contributed by atoms with Gasteiger partial charge in [-0.2, -0.15) is 0 Å². The predicted octanol–water partition coefficient (Wildman–Crippen LogP) is 0.858. The average Bonchev–Trinajstić information content (AvgIpc) is 2.75. The maximum atomic E-state index is 11.3. The second kappa shape index (κ2) is 5.18. The van der Waals surface area contributed by atoms with Gasteiger partial charge in [-0.05, 0) is 25.8 Å². The number of nitrogens with zero attached hydrogens (tertiary/aromatic N) is 1. The molecule has 0 aliphatic carbocycles. The number of oxazole rings is 1. The zero-order valence-electron chi connectivity index (χ0n) is 9.76.